The topological polar surface area (TPSA) is 45.2 Å². The number of fused-ring (bicyclic) bond motifs is 1. The van der Waals surface area contributed by atoms with Crippen molar-refractivity contribution < 1.29 is 4.79 Å². The number of piperidine rings is 1. The number of thiophene rings is 1. The first kappa shape index (κ1) is 17.0. The number of rotatable bonds is 3. The minimum Gasteiger partial charge on any atom is -0.355 e. The fourth-order valence-corrected chi connectivity index (χ4v) is 4.58. The van der Waals surface area contributed by atoms with E-state index in [4.69, 9.17) is 0 Å². The Bertz CT molecular complexity index is 929. The molecule has 0 unspecified atom stereocenters. The molecule has 1 saturated heterocycles. The maximum Gasteiger partial charge on any atom is 0.229 e. The molecule has 4 nitrogen and oxygen atoms in total. The van der Waals surface area contributed by atoms with Crippen LogP contribution < -0.4 is 10.2 Å². The van der Waals surface area contributed by atoms with Crippen LogP contribution in [0.5, 0.6) is 0 Å². The lowest BCUT2D eigenvalue weighted by Crippen LogP contribution is -2.41. The lowest BCUT2D eigenvalue weighted by atomic mass is 9.96. The van der Waals surface area contributed by atoms with Gasteiger partial charge < -0.3 is 10.2 Å². The summed E-state index contributed by atoms with van der Waals surface area (Å²) in [4.78, 5) is 19.7. The fourth-order valence-electron chi connectivity index (χ4n) is 3.81. The highest BCUT2D eigenvalue weighted by Gasteiger charge is 2.27. The van der Waals surface area contributed by atoms with Crippen LogP contribution in [-0.2, 0) is 4.79 Å². The van der Waals surface area contributed by atoms with Gasteiger partial charge in [0.15, 0.2) is 0 Å². The van der Waals surface area contributed by atoms with Crippen LogP contribution in [0.25, 0.3) is 10.1 Å². The van der Waals surface area contributed by atoms with Gasteiger partial charge in [0.2, 0.25) is 5.91 Å². The second kappa shape index (κ2) is 7.08. The van der Waals surface area contributed by atoms with Gasteiger partial charge in [-0.3, -0.25) is 4.79 Å². The van der Waals surface area contributed by atoms with Crippen molar-refractivity contribution in [3.63, 3.8) is 0 Å². The van der Waals surface area contributed by atoms with E-state index in [1.807, 2.05) is 18.3 Å². The standard InChI is InChI=1S/C21H23N3OS/c1-14-10-15(2)12-17(11-14)23-21(25)16-4-3-8-24(13-16)20-18-6-9-26-19(18)5-7-22-20/h5-7,9-12,16H,3-4,8,13H2,1-2H3,(H,23,25)/t16-/m0/s1. The van der Waals surface area contributed by atoms with E-state index in [-0.39, 0.29) is 11.8 Å². The number of carbonyl (C=O) groups is 1. The van der Waals surface area contributed by atoms with Crippen LogP contribution in [0.4, 0.5) is 11.5 Å². The van der Waals surface area contributed by atoms with Crippen molar-refractivity contribution in [1.82, 2.24) is 4.98 Å². The molecule has 3 heterocycles. The summed E-state index contributed by atoms with van der Waals surface area (Å²) in [6.07, 6.45) is 3.80. The minimum absolute atomic E-state index is 0.0136. The highest BCUT2D eigenvalue weighted by atomic mass is 32.1. The molecule has 1 amide bonds. The first-order valence-electron chi connectivity index (χ1n) is 9.06. The summed E-state index contributed by atoms with van der Waals surface area (Å²) in [5, 5.41) is 6.40. The van der Waals surface area contributed by atoms with Gasteiger partial charge in [0.1, 0.15) is 5.82 Å². The summed E-state index contributed by atoms with van der Waals surface area (Å²) in [7, 11) is 0. The van der Waals surface area contributed by atoms with Gasteiger partial charge in [-0.25, -0.2) is 4.98 Å². The van der Waals surface area contributed by atoms with Gasteiger partial charge in [-0.2, -0.15) is 0 Å². The summed E-state index contributed by atoms with van der Waals surface area (Å²) >= 11 is 1.73. The molecule has 1 atom stereocenters. The molecule has 0 bridgehead atoms. The summed E-state index contributed by atoms with van der Waals surface area (Å²) in [6.45, 7) is 5.78. The third kappa shape index (κ3) is 3.44. The maximum absolute atomic E-state index is 12.8. The van der Waals surface area contributed by atoms with Gasteiger partial charge in [-0.05, 0) is 67.5 Å². The van der Waals surface area contributed by atoms with E-state index in [0.29, 0.717) is 0 Å². The fraction of sp³-hybridized carbons (Fsp3) is 0.333. The molecule has 1 fully saturated rings. The molecular weight excluding hydrogens is 342 g/mol. The second-order valence-corrected chi connectivity index (χ2v) is 8.07. The van der Waals surface area contributed by atoms with Crippen LogP contribution in [0.15, 0.2) is 41.9 Å². The van der Waals surface area contributed by atoms with E-state index >= 15 is 0 Å². The van der Waals surface area contributed by atoms with Gasteiger partial charge in [0.25, 0.3) is 0 Å². The van der Waals surface area contributed by atoms with Crippen LogP contribution in [0.3, 0.4) is 0 Å². The Kier molecular flexibility index (Phi) is 4.64. The Morgan fingerprint density at radius 2 is 2.04 bits per heavy atom. The van der Waals surface area contributed by atoms with E-state index in [9.17, 15) is 4.79 Å². The SMILES string of the molecule is Cc1cc(C)cc(NC(=O)[C@H]2CCCN(c3nccc4sccc34)C2)c1. The van der Waals surface area contributed by atoms with Crippen molar-refractivity contribution in [2.24, 2.45) is 5.92 Å². The average Bonchev–Trinajstić information content (AvgIpc) is 3.09. The van der Waals surface area contributed by atoms with Crippen LogP contribution >= 0.6 is 11.3 Å². The Morgan fingerprint density at radius 1 is 1.23 bits per heavy atom. The summed E-state index contributed by atoms with van der Waals surface area (Å²) in [6, 6.07) is 10.3. The summed E-state index contributed by atoms with van der Waals surface area (Å²) in [5.74, 6) is 1.10. The summed E-state index contributed by atoms with van der Waals surface area (Å²) < 4.78 is 1.25. The molecule has 2 aromatic heterocycles. The Balaban J connectivity index is 1.51. The number of pyridine rings is 1. The number of hydrogen-bond acceptors (Lipinski definition) is 4. The van der Waals surface area contributed by atoms with Gasteiger partial charge in [0.05, 0.1) is 5.92 Å². The van der Waals surface area contributed by atoms with Crippen molar-refractivity contribution in [3.05, 3.63) is 53.0 Å². The van der Waals surface area contributed by atoms with Crippen LogP contribution in [0.2, 0.25) is 0 Å². The maximum atomic E-state index is 12.8. The summed E-state index contributed by atoms with van der Waals surface area (Å²) in [5.41, 5.74) is 3.22. The number of hydrogen-bond donors (Lipinski definition) is 1. The molecule has 4 rings (SSSR count). The van der Waals surface area contributed by atoms with E-state index in [1.54, 1.807) is 11.3 Å². The molecular formula is C21H23N3OS. The third-order valence-electron chi connectivity index (χ3n) is 4.94. The Morgan fingerprint density at radius 3 is 2.85 bits per heavy atom. The molecule has 5 heteroatoms. The lowest BCUT2D eigenvalue weighted by molar-refractivity contribution is -0.120. The lowest BCUT2D eigenvalue weighted by Gasteiger charge is -2.33. The van der Waals surface area contributed by atoms with E-state index < -0.39 is 0 Å². The van der Waals surface area contributed by atoms with Crippen LogP contribution in [-0.4, -0.2) is 24.0 Å². The molecule has 0 spiro atoms. The molecule has 1 N–H and O–H groups in total. The first-order chi connectivity index (χ1) is 12.6. The molecule has 1 aromatic carbocycles. The number of amides is 1. The zero-order chi connectivity index (χ0) is 18.1. The minimum atomic E-state index is -0.0136. The van der Waals surface area contributed by atoms with E-state index in [0.717, 1.165) is 37.4 Å². The molecule has 0 radical (unpaired) electrons. The van der Waals surface area contributed by atoms with Crippen molar-refractivity contribution in [2.75, 3.05) is 23.3 Å². The zero-order valence-corrected chi connectivity index (χ0v) is 16.0. The molecule has 3 aromatic rings. The van der Waals surface area contributed by atoms with E-state index in [2.05, 4.69) is 52.6 Å². The van der Waals surface area contributed by atoms with Crippen molar-refractivity contribution in [2.45, 2.75) is 26.7 Å². The quantitative estimate of drug-likeness (QED) is 0.727. The third-order valence-corrected chi connectivity index (χ3v) is 5.82. The highest BCUT2D eigenvalue weighted by Crippen LogP contribution is 2.31. The van der Waals surface area contributed by atoms with E-state index in [1.165, 1.54) is 21.2 Å². The molecule has 0 saturated carbocycles. The number of benzene rings is 1. The smallest absolute Gasteiger partial charge is 0.229 e. The van der Waals surface area contributed by atoms with Gasteiger partial charge in [0, 0.05) is 35.1 Å². The number of aryl methyl sites for hydroxylation is 2. The van der Waals surface area contributed by atoms with Gasteiger partial charge >= 0.3 is 0 Å². The molecule has 0 aliphatic carbocycles. The largest absolute Gasteiger partial charge is 0.355 e. The normalized spacial score (nSPS) is 17.5. The first-order valence-corrected chi connectivity index (χ1v) is 9.94. The zero-order valence-electron chi connectivity index (χ0n) is 15.2. The monoisotopic (exact) mass is 365 g/mol. The molecule has 1 aliphatic heterocycles. The average molecular weight is 366 g/mol. The number of nitrogens with one attached hydrogen (secondary N) is 1. The van der Waals surface area contributed by atoms with Crippen LogP contribution in [0.1, 0.15) is 24.0 Å². The number of nitrogens with zero attached hydrogens (tertiary/aromatic N) is 2. The van der Waals surface area contributed by atoms with Gasteiger partial charge in [-0.1, -0.05) is 6.07 Å². The Hall–Kier alpha value is -2.40. The van der Waals surface area contributed by atoms with Crippen LogP contribution in [0, 0.1) is 19.8 Å². The predicted molar refractivity (Wildman–Crippen MR) is 109 cm³/mol. The molecule has 26 heavy (non-hydrogen) atoms. The molecule has 134 valence electrons. The second-order valence-electron chi connectivity index (χ2n) is 7.12. The van der Waals surface area contributed by atoms with Crippen molar-refractivity contribution in [1.29, 1.82) is 0 Å². The molecule has 1 aliphatic rings. The van der Waals surface area contributed by atoms with Crippen molar-refractivity contribution in [3.8, 4) is 0 Å². The number of aromatic nitrogens is 1. The highest BCUT2D eigenvalue weighted by molar-refractivity contribution is 7.17. The Labute approximate surface area is 157 Å². The van der Waals surface area contributed by atoms with Gasteiger partial charge in [-0.15, -0.1) is 11.3 Å². The predicted octanol–water partition coefficient (Wildman–Crippen LogP) is 4.77. The van der Waals surface area contributed by atoms with Crippen molar-refractivity contribution >= 4 is 38.8 Å². The number of anilines is 2. The number of carbonyl (C=O) groups excluding carboxylic acids is 1.